The van der Waals surface area contributed by atoms with Crippen molar-refractivity contribution in [2.24, 2.45) is 0 Å². The molecule has 1 aromatic heterocycles. The SMILES string of the molecule is CCC1CN(C(=O)c2nc(N)ccc2Cl)CCS1. The number of carbonyl (C=O) groups excluding carboxylic acids is 1. The van der Waals surface area contributed by atoms with Gasteiger partial charge in [-0.15, -0.1) is 0 Å². The average Bonchev–Trinajstić information content (AvgIpc) is 2.41. The van der Waals surface area contributed by atoms with Crippen molar-refractivity contribution in [1.82, 2.24) is 9.88 Å². The summed E-state index contributed by atoms with van der Waals surface area (Å²) in [6.45, 7) is 3.64. The summed E-state index contributed by atoms with van der Waals surface area (Å²) in [6, 6.07) is 3.22. The Kier molecular flexibility index (Phi) is 4.35. The summed E-state index contributed by atoms with van der Waals surface area (Å²) in [7, 11) is 0. The number of aromatic nitrogens is 1. The zero-order valence-electron chi connectivity index (χ0n) is 10.2. The largest absolute Gasteiger partial charge is 0.384 e. The number of pyridine rings is 1. The van der Waals surface area contributed by atoms with Gasteiger partial charge >= 0.3 is 0 Å². The third-order valence-electron chi connectivity index (χ3n) is 2.95. The van der Waals surface area contributed by atoms with E-state index in [0.717, 1.165) is 25.3 Å². The summed E-state index contributed by atoms with van der Waals surface area (Å²) < 4.78 is 0. The minimum atomic E-state index is -0.119. The molecular formula is C12H16ClN3OS. The minimum absolute atomic E-state index is 0.119. The Bertz CT molecular complexity index is 455. The zero-order chi connectivity index (χ0) is 13.1. The fourth-order valence-corrected chi connectivity index (χ4v) is 3.27. The van der Waals surface area contributed by atoms with Crippen LogP contribution in [0.25, 0.3) is 0 Å². The smallest absolute Gasteiger partial charge is 0.274 e. The molecular weight excluding hydrogens is 270 g/mol. The van der Waals surface area contributed by atoms with Crippen LogP contribution in [0.4, 0.5) is 5.82 Å². The number of amides is 1. The summed E-state index contributed by atoms with van der Waals surface area (Å²) in [5.74, 6) is 1.16. The van der Waals surface area contributed by atoms with Gasteiger partial charge in [-0.05, 0) is 18.6 Å². The van der Waals surface area contributed by atoms with Crippen LogP contribution in [0.3, 0.4) is 0 Å². The van der Waals surface area contributed by atoms with Crippen molar-refractivity contribution < 1.29 is 4.79 Å². The molecule has 1 atom stereocenters. The molecule has 0 aromatic carbocycles. The standard InChI is InChI=1S/C12H16ClN3OS/c1-2-8-7-16(5-6-18-8)12(17)11-9(13)3-4-10(14)15-11/h3-4,8H,2,5-7H2,1H3,(H2,14,15). The molecule has 1 fully saturated rings. The molecule has 1 amide bonds. The highest BCUT2D eigenvalue weighted by atomic mass is 35.5. The maximum absolute atomic E-state index is 12.3. The van der Waals surface area contributed by atoms with Crippen molar-refractivity contribution >= 4 is 35.1 Å². The lowest BCUT2D eigenvalue weighted by Crippen LogP contribution is -2.42. The van der Waals surface area contributed by atoms with Crippen molar-refractivity contribution in [1.29, 1.82) is 0 Å². The highest BCUT2D eigenvalue weighted by Crippen LogP contribution is 2.24. The first-order valence-corrected chi connectivity index (χ1v) is 7.37. The van der Waals surface area contributed by atoms with E-state index in [-0.39, 0.29) is 11.6 Å². The van der Waals surface area contributed by atoms with E-state index < -0.39 is 0 Å². The first-order valence-electron chi connectivity index (χ1n) is 5.94. The van der Waals surface area contributed by atoms with Crippen molar-refractivity contribution in [2.45, 2.75) is 18.6 Å². The van der Waals surface area contributed by atoms with Crippen molar-refractivity contribution in [3.63, 3.8) is 0 Å². The Morgan fingerprint density at radius 3 is 3.17 bits per heavy atom. The molecule has 0 aliphatic carbocycles. The number of nitrogens with zero attached hydrogens (tertiary/aromatic N) is 2. The molecule has 2 rings (SSSR count). The van der Waals surface area contributed by atoms with Gasteiger partial charge in [0.05, 0.1) is 5.02 Å². The third kappa shape index (κ3) is 2.90. The number of nitrogens with two attached hydrogens (primary N) is 1. The lowest BCUT2D eigenvalue weighted by molar-refractivity contribution is 0.0755. The number of hydrogen-bond acceptors (Lipinski definition) is 4. The predicted molar refractivity (Wildman–Crippen MR) is 76.1 cm³/mol. The Hall–Kier alpha value is -0.940. The van der Waals surface area contributed by atoms with Gasteiger partial charge in [0.1, 0.15) is 11.5 Å². The molecule has 0 saturated carbocycles. The second-order valence-electron chi connectivity index (χ2n) is 4.22. The van der Waals surface area contributed by atoms with Gasteiger partial charge in [-0.1, -0.05) is 18.5 Å². The van der Waals surface area contributed by atoms with Gasteiger partial charge < -0.3 is 10.6 Å². The fraction of sp³-hybridized carbons (Fsp3) is 0.500. The molecule has 2 N–H and O–H groups in total. The topological polar surface area (TPSA) is 59.2 Å². The van der Waals surface area contributed by atoms with Gasteiger partial charge in [0.25, 0.3) is 5.91 Å². The molecule has 98 valence electrons. The second kappa shape index (κ2) is 5.80. The first kappa shape index (κ1) is 13.5. The maximum Gasteiger partial charge on any atom is 0.274 e. The highest BCUT2D eigenvalue weighted by molar-refractivity contribution is 8.00. The Labute approximate surface area is 116 Å². The quantitative estimate of drug-likeness (QED) is 0.906. The van der Waals surface area contributed by atoms with Gasteiger partial charge in [-0.25, -0.2) is 4.98 Å². The summed E-state index contributed by atoms with van der Waals surface area (Å²) in [5, 5.41) is 0.864. The average molecular weight is 286 g/mol. The lowest BCUT2D eigenvalue weighted by Gasteiger charge is -2.31. The molecule has 1 aromatic rings. The van der Waals surface area contributed by atoms with E-state index in [1.807, 2.05) is 16.7 Å². The summed E-state index contributed by atoms with van der Waals surface area (Å²) >= 11 is 7.92. The second-order valence-corrected chi connectivity index (χ2v) is 6.03. The van der Waals surface area contributed by atoms with Crippen LogP contribution in [-0.4, -0.2) is 39.9 Å². The molecule has 0 spiro atoms. The van der Waals surface area contributed by atoms with Gasteiger partial charge in [0.15, 0.2) is 0 Å². The Balaban J connectivity index is 2.17. The van der Waals surface area contributed by atoms with E-state index in [4.69, 9.17) is 17.3 Å². The lowest BCUT2D eigenvalue weighted by atomic mass is 10.2. The Morgan fingerprint density at radius 2 is 2.44 bits per heavy atom. The van der Waals surface area contributed by atoms with E-state index in [9.17, 15) is 4.79 Å². The first-order chi connectivity index (χ1) is 8.61. The van der Waals surface area contributed by atoms with E-state index in [1.165, 1.54) is 0 Å². The number of hydrogen-bond donors (Lipinski definition) is 1. The molecule has 1 unspecified atom stereocenters. The van der Waals surface area contributed by atoms with Gasteiger partial charge in [0.2, 0.25) is 0 Å². The van der Waals surface area contributed by atoms with Crippen LogP contribution in [0.5, 0.6) is 0 Å². The van der Waals surface area contributed by atoms with Crippen LogP contribution in [0.1, 0.15) is 23.8 Å². The van der Waals surface area contributed by atoms with Crippen molar-refractivity contribution in [2.75, 3.05) is 24.6 Å². The molecule has 1 saturated heterocycles. The zero-order valence-corrected chi connectivity index (χ0v) is 11.8. The van der Waals surface area contributed by atoms with E-state index in [0.29, 0.717) is 16.1 Å². The van der Waals surface area contributed by atoms with Crippen LogP contribution in [0.2, 0.25) is 5.02 Å². The van der Waals surface area contributed by atoms with Crippen molar-refractivity contribution in [3.05, 3.63) is 22.8 Å². The monoisotopic (exact) mass is 285 g/mol. The van der Waals surface area contributed by atoms with Crippen LogP contribution in [-0.2, 0) is 0 Å². The van der Waals surface area contributed by atoms with Crippen molar-refractivity contribution in [3.8, 4) is 0 Å². The number of nitrogen functional groups attached to an aromatic ring is 1. The Morgan fingerprint density at radius 1 is 1.67 bits per heavy atom. The minimum Gasteiger partial charge on any atom is -0.384 e. The number of anilines is 1. The van der Waals surface area contributed by atoms with Gasteiger partial charge in [0, 0.05) is 24.1 Å². The van der Waals surface area contributed by atoms with Crippen LogP contribution >= 0.6 is 23.4 Å². The van der Waals surface area contributed by atoms with Gasteiger partial charge in [-0.2, -0.15) is 11.8 Å². The molecule has 1 aliphatic rings. The third-order valence-corrected chi connectivity index (χ3v) is 4.63. The number of carbonyl (C=O) groups is 1. The summed E-state index contributed by atoms with van der Waals surface area (Å²) in [4.78, 5) is 18.2. The molecule has 0 radical (unpaired) electrons. The fourth-order valence-electron chi connectivity index (χ4n) is 1.91. The normalized spacial score (nSPS) is 19.9. The molecule has 2 heterocycles. The molecule has 18 heavy (non-hydrogen) atoms. The number of halogens is 1. The number of thioether (sulfide) groups is 1. The van der Waals surface area contributed by atoms with Gasteiger partial charge in [-0.3, -0.25) is 4.79 Å². The molecule has 0 bridgehead atoms. The number of rotatable bonds is 2. The molecule has 6 heteroatoms. The van der Waals surface area contributed by atoms with Crippen LogP contribution in [0.15, 0.2) is 12.1 Å². The van der Waals surface area contributed by atoms with E-state index in [2.05, 4.69) is 11.9 Å². The van der Waals surface area contributed by atoms with Crippen LogP contribution < -0.4 is 5.73 Å². The molecule has 1 aliphatic heterocycles. The van der Waals surface area contributed by atoms with Crippen LogP contribution in [0, 0.1) is 0 Å². The summed E-state index contributed by atoms with van der Waals surface area (Å²) in [6.07, 6.45) is 1.06. The van der Waals surface area contributed by atoms with E-state index >= 15 is 0 Å². The highest BCUT2D eigenvalue weighted by Gasteiger charge is 2.26. The van der Waals surface area contributed by atoms with E-state index in [1.54, 1.807) is 12.1 Å². The predicted octanol–water partition coefficient (Wildman–Crippen LogP) is 2.28. The maximum atomic E-state index is 12.3. The molecule has 4 nitrogen and oxygen atoms in total. The summed E-state index contributed by atoms with van der Waals surface area (Å²) in [5.41, 5.74) is 5.87.